The quantitative estimate of drug-likeness (QED) is 0.810. The molecule has 0 spiro atoms. The standard InChI is InChI=1S/C21H24N2O5S/c1-27-19-11-10-15(14-20(19)29(25,26)22-16-6-2-3-7-16)21(24)23-12-13-28-18-9-5-4-8-17(18)23/h4-5,8-11,14,16,22H,2-3,6-7,12-13H2,1H3. The number of methoxy groups -OCH3 is 1. The third-order valence-corrected chi connectivity index (χ3v) is 6.89. The van der Waals surface area contributed by atoms with E-state index >= 15 is 0 Å². The summed E-state index contributed by atoms with van der Waals surface area (Å²) in [4.78, 5) is 14.8. The first-order valence-corrected chi connectivity index (χ1v) is 11.2. The molecule has 2 aromatic carbocycles. The van der Waals surface area contributed by atoms with Crippen LogP contribution in [0.5, 0.6) is 11.5 Å². The zero-order chi connectivity index (χ0) is 20.4. The monoisotopic (exact) mass is 416 g/mol. The number of amides is 1. The first-order chi connectivity index (χ1) is 14.0. The number of benzene rings is 2. The van der Waals surface area contributed by atoms with Gasteiger partial charge < -0.3 is 14.4 Å². The molecule has 0 aromatic heterocycles. The Morgan fingerprint density at radius 3 is 2.69 bits per heavy atom. The molecule has 8 heteroatoms. The van der Waals surface area contributed by atoms with E-state index in [1.54, 1.807) is 11.0 Å². The Kier molecular flexibility index (Phi) is 5.47. The number of anilines is 1. The van der Waals surface area contributed by atoms with Crippen LogP contribution in [0.2, 0.25) is 0 Å². The molecule has 1 heterocycles. The lowest BCUT2D eigenvalue weighted by atomic mass is 10.1. The molecule has 2 aliphatic rings. The van der Waals surface area contributed by atoms with Crippen LogP contribution in [0.15, 0.2) is 47.4 Å². The SMILES string of the molecule is COc1ccc(C(=O)N2CCOc3ccccc32)cc1S(=O)(=O)NC1CCCC1. The summed E-state index contributed by atoms with van der Waals surface area (Å²) in [6.07, 6.45) is 3.67. The van der Waals surface area contributed by atoms with Crippen molar-refractivity contribution in [2.24, 2.45) is 0 Å². The molecule has 1 fully saturated rings. The molecule has 0 bridgehead atoms. The molecule has 7 nitrogen and oxygen atoms in total. The van der Waals surface area contributed by atoms with Crippen molar-refractivity contribution in [3.05, 3.63) is 48.0 Å². The van der Waals surface area contributed by atoms with Gasteiger partial charge in [-0.1, -0.05) is 25.0 Å². The van der Waals surface area contributed by atoms with Gasteiger partial charge in [0.1, 0.15) is 23.0 Å². The Morgan fingerprint density at radius 1 is 1.17 bits per heavy atom. The van der Waals surface area contributed by atoms with E-state index in [-0.39, 0.29) is 28.2 Å². The number of nitrogens with one attached hydrogen (secondary N) is 1. The van der Waals surface area contributed by atoms with Crippen LogP contribution in [0.3, 0.4) is 0 Å². The summed E-state index contributed by atoms with van der Waals surface area (Å²) in [5, 5.41) is 0. The van der Waals surface area contributed by atoms with E-state index in [1.807, 2.05) is 24.3 Å². The van der Waals surface area contributed by atoms with E-state index in [1.165, 1.54) is 19.2 Å². The molecular weight excluding hydrogens is 392 g/mol. The third kappa shape index (κ3) is 3.95. The van der Waals surface area contributed by atoms with Crippen molar-refractivity contribution in [2.45, 2.75) is 36.6 Å². The number of sulfonamides is 1. The molecule has 0 atom stereocenters. The Balaban J connectivity index is 1.67. The fourth-order valence-corrected chi connectivity index (χ4v) is 5.38. The summed E-state index contributed by atoms with van der Waals surface area (Å²) in [5.41, 5.74) is 0.961. The van der Waals surface area contributed by atoms with Crippen LogP contribution in [0.1, 0.15) is 36.0 Å². The van der Waals surface area contributed by atoms with E-state index in [0.717, 1.165) is 25.7 Å². The number of hydrogen-bond acceptors (Lipinski definition) is 5. The summed E-state index contributed by atoms with van der Waals surface area (Å²) in [7, 11) is -2.38. The second-order valence-electron chi connectivity index (χ2n) is 7.24. The maximum atomic E-state index is 13.2. The van der Waals surface area contributed by atoms with Crippen molar-refractivity contribution in [1.82, 2.24) is 4.72 Å². The average Bonchev–Trinajstić information content (AvgIpc) is 3.24. The number of carbonyl (C=O) groups excluding carboxylic acids is 1. The number of carbonyl (C=O) groups is 1. The van der Waals surface area contributed by atoms with Gasteiger partial charge in [-0.15, -0.1) is 0 Å². The molecule has 0 unspecified atom stereocenters. The van der Waals surface area contributed by atoms with E-state index in [0.29, 0.717) is 24.6 Å². The van der Waals surface area contributed by atoms with Gasteiger partial charge in [-0.2, -0.15) is 0 Å². The Morgan fingerprint density at radius 2 is 1.93 bits per heavy atom. The van der Waals surface area contributed by atoms with Crippen LogP contribution < -0.4 is 19.1 Å². The Labute approximate surface area is 170 Å². The molecule has 1 aliphatic carbocycles. The van der Waals surface area contributed by atoms with Crippen molar-refractivity contribution in [2.75, 3.05) is 25.2 Å². The highest BCUT2D eigenvalue weighted by molar-refractivity contribution is 7.89. The fraction of sp³-hybridized carbons (Fsp3) is 0.381. The van der Waals surface area contributed by atoms with Crippen LogP contribution in [0.4, 0.5) is 5.69 Å². The van der Waals surface area contributed by atoms with Gasteiger partial charge in [0, 0.05) is 11.6 Å². The maximum absolute atomic E-state index is 13.2. The predicted molar refractivity (Wildman–Crippen MR) is 109 cm³/mol. The zero-order valence-electron chi connectivity index (χ0n) is 16.3. The number of fused-ring (bicyclic) bond motifs is 1. The summed E-state index contributed by atoms with van der Waals surface area (Å²) in [6, 6.07) is 11.8. The van der Waals surface area contributed by atoms with Gasteiger partial charge in [0.2, 0.25) is 10.0 Å². The molecule has 0 radical (unpaired) electrons. The Hall–Kier alpha value is -2.58. The number of para-hydroxylation sites is 2. The van der Waals surface area contributed by atoms with Crippen LogP contribution in [0, 0.1) is 0 Å². The summed E-state index contributed by atoms with van der Waals surface area (Å²) in [6.45, 7) is 0.775. The predicted octanol–water partition coefficient (Wildman–Crippen LogP) is 2.96. The number of nitrogens with zero attached hydrogens (tertiary/aromatic N) is 1. The lowest BCUT2D eigenvalue weighted by Gasteiger charge is -2.29. The second-order valence-corrected chi connectivity index (χ2v) is 8.92. The smallest absolute Gasteiger partial charge is 0.258 e. The van der Waals surface area contributed by atoms with Crippen molar-refractivity contribution in [3.63, 3.8) is 0 Å². The number of rotatable bonds is 5. The summed E-state index contributed by atoms with van der Waals surface area (Å²) >= 11 is 0. The third-order valence-electron chi connectivity index (χ3n) is 5.35. The first-order valence-electron chi connectivity index (χ1n) is 9.73. The van der Waals surface area contributed by atoms with E-state index < -0.39 is 10.0 Å². The molecule has 2 aromatic rings. The minimum absolute atomic E-state index is 0.0145. The first kappa shape index (κ1) is 19.7. The zero-order valence-corrected chi connectivity index (χ0v) is 17.1. The van der Waals surface area contributed by atoms with Crippen LogP contribution >= 0.6 is 0 Å². The number of hydrogen-bond donors (Lipinski definition) is 1. The summed E-state index contributed by atoms with van der Waals surface area (Å²) < 4.78 is 39.6. The molecular formula is C21H24N2O5S. The fourth-order valence-electron chi connectivity index (χ4n) is 3.88. The minimum atomic E-state index is -3.80. The lowest BCUT2D eigenvalue weighted by molar-refractivity contribution is 0.0976. The van der Waals surface area contributed by atoms with Crippen molar-refractivity contribution < 1.29 is 22.7 Å². The average molecular weight is 416 g/mol. The van der Waals surface area contributed by atoms with Crippen LogP contribution in [-0.4, -0.2) is 40.6 Å². The molecule has 0 saturated heterocycles. The van der Waals surface area contributed by atoms with E-state index in [4.69, 9.17) is 9.47 Å². The van der Waals surface area contributed by atoms with Gasteiger partial charge in [0.15, 0.2) is 0 Å². The molecule has 1 saturated carbocycles. The molecule has 1 aliphatic heterocycles. The highest BCUT2D eigenvalue weighted by Crippen LogP contribution is 2.33. The van der Waals surface area contributed by atoms with Crippen LogP contribution in [0.25, 0.3) is 0 Å². The minimum Gasteiger partial charge on any atom is -0.495 e. The number of ether oxygens (including phenoxy) is 2. The highest BCUT2D eigenvalue weighted by Gasteiger charge is 2.29. The second kappa shape index (κ2) is 8.04. The van der Waals surface area contributed by atoms with Crippen molar-refractivity contribution >= 4 is 21.6 Å². The summed E-state index contributed by atoms with van der Waals surface area (Å²) in [5.74, 6) is 0.575. The van der Waals surface area contributed by atoms with Gasteiger partial charge in [0.25, 0.3) is 5.91 Å². The van der Waals surface area contributed by atoms with Crippen molar-refractivity contribution in [1.29, 1.82) is 0 Å². The largest absolute Gasteiger partial charge is 0.495 e. The topological polar surface area (TPSA) is 84.9 Å². The maximum Gasteiger partial charge on any atom is 0.258 e. The molecule has 29 heavy (non-hydrogen) atoms. The molecule has 1 N–H and O–H groups in total. The molecule has 4 rings (SSSR count). The normalized spacial score (nSPS) is 16.9. The van der Waals surface area contributed by atoms with Gasteiger partial charge in [-0.25, -0.2) is 13.1 Å². The van der Waals surface area contributed by atoms with Crippen molar-refractivity contribution in [3.8, 4) is 11.5 Å². The molecule has 1 amide bonds. The van der Waals surface area contributed by atoms with Gasteiger partial charge in [0.05, 0.1) is 19.3 Å². The Bertz CT molecular complexity index is 1020. The van der Waals surface area contributed by atoms with Gasteiger partial charge >= 0.3 is 0 Å². The highest BCUT2D eigenvalue weighted by atomic mass is 32.2. The van der Waals surface area contributed by atoms with E-state index in [2.05, 4.69) is 4.72 Å². The van der Waals surface area contributed by atoms with Gasteiger partial charge in [-0.3, -0.25) is 4.79 Å². The van der Waals surface area contributed by atoms with Gasteiger partial charge in [-0.05, 0) is 43.2 Å². The lowest BCUT2D eigenvalue weighted by Crippen LogP contribution is -2.38. The van der Waals surface area contributed by atoms with Crippen LogP contribution in [-0.2, 0) is 10.0 Å². The van der Waals surface area contributed by atoms with E-state index in [9.17, 15) is 13.2 Å². The molecule has 154 valence electrons.